The lowest BCUT2D eigenvalue weighted by Crippen LogP contribution is -2.56. The number of hydrogen-bond donors (Lipinski definition) is 0. The van der Waals surface area contributed by atoms with Crippen molar-refractivity contribution in [3.05, 3.63) is 0 Å². The highest BCUT2D eigenvalue weighted by Crippen LogP contribution is 2.44. The molecule has 4 atom stereocenters. The van der Waals surface area contributed by atoms with Gasteiger partial charge in [-0.3, -0.25) is 9.63 Å². The van der Waals surface area contributed by atoms with Crippen molar-refractivity contribution in [2.75, 3.05) is 7.05 Å². The van der Waals surface area contributed by atoms with Gasteiger partial charge in [0.15, 0.2) is 5.60 Å². The molecular formula is C9H14BNO3. The van der Waals surface area contributed by atoms with Crippen molar-refractivity contribution >= 4 is 13.8 Å². The van der Waals surface area contributed by atoms with Crippen LogP contribution in [0.4, 0.5) is 0 Å². The van der Waals surface area contributed by atoms with Gasteiger partial charge in [0.1, 0.15) is 14.0 Å². The fourth-order valence-electron chi connectivity index (χ4n) is 2.42. The second-order valence-corrected chi connectivity index (χ2v) is 3.99. The van der Waals surface area contributed by atoms with E-state index in [1.54, 1.807) is 7.05 Å². The minimum Gasteiger partial charge on any atom is -0.368 e. The maximum Gasteiger partial charge on any atom is 0.278 e. The van der Waals surface area contributed by atoms with Gasteiger partial charge in [0.05, 0.1) is 0 Å². The second kappa shape index (κ2) is 2.97. The number of ether oxygens (including phenoxy) is 1. The van der Waals surface area contributed by atoms with Crippen molar-refractivity contribution in [3.8, 4) is 0 Å². The third-order valence-electron chi connectivity index (χ3n) is 3.35. The molecule has 0 saturated carbocycles. The van der Waals surface area contributed by atoms with Crippen LogP contribution in [-0.2, 0) is 14.4 Å². The molecule has 2 saturated heterocycles. The molecule has 76 valence electrons. The molecule has 2 rings (SSSR count). The summed E-state index contributed by atoms with van der Waals surface area (Å²) in [6, 6.07) is -0.501. The topological polar surface area (TPSA) is 38.8 Å². The van der Waals surface area contributed by atoms with Gasteiger partial charge in [-0.1, -0.05) is 13.8 Å². The maximum absolute atomic E-state index is 11.9. The van der Waals surface area contributed by atoms with E-state index >= 15 is 0 Å². The van der Waals surface area contributed by atoms with Crippen LogP contribution in [0.5, 0.6) is 0 Å². The van der Waals surface area contributed by atoms with Crippen molar-refractivity contribution in [2.45, 2.75) is 38.0 Å². The molecule has 0 spiro atoms. The number of carbonyl (C=O) groups is 1. The Morgan fingerprint density at radius 2 is 2.29 bits per heavy atom. The smallest absolute Gasteiger partial charge is 0.278 e. The van der Waals surface area contributed by atoms with Crippen molar-refractivity contribution in [1.29, 1.82) is 0 Å². The van der Waals surface area contributed by atoms with Gasteiger partial charge in [0.25, 0.3) is 5.91 Å². The average molecular weight is 195 g/mol. The third kappa shape index (κ3) is 0.996. The second-order valence-electron chi connectivity index (χ2n) is 3.99. The number of likely N-dealkylation sites (N-methyl/N-ethyl adjacent to an activating group) is 1. The van der Waals surface area contributed by atoms with Gasteiger partial charge in [0, 0.05) is 19.0 Å². The highest BCUT2D eigenvalue weighted by Gasteiger charge is 2.60. The Bertz CT molecular complexity index is 273. The molecule has 2 radical (unpaired) electrons. The molecule has 2 aliphatic rings. The van der Waals surface area contributed by atoms with Crippen LogP contribution in [0.1, 0.15) is 20.3 Å². The van der Waals surface area contributed by atoms with Crippen molar-refractivity contribution < 1.29 is 14.4 Å². The van der Waals surface area contributed by atoms with E-state index < -0.39 is 11.6 Å². The zero-order valence-corrected chi connectivity index (χ0v) is 8.69. The SMILES string of the molecule is [B][C@@H]1O[C@@]2(CC)C(=O)N(C)OC1[C@H]2C. The molecular weight excluding hydrogens is 181 g/mol. The molecule has 0 aliphatic carbocycles. The van der Waals surface area contributed by atoms with Crippen LogP contribution >= 0.6 is 0 Å². The van der Waals surface area contributed by atoms with Crippen LogP contribution < -0.4 is 0 Å². The van der Waals surface area contributed by atoms with Gasteiger partial charge in [-0.15, -0.1) is 0 Å². The summed E-state index contributed by atoms with van der Waals surface area (Å²) < 4.78 is 5.58. The minimum absolute atomic E-state index is 0.0196. The number of rotatable bonds is 1. The Morgan fingerprint density at radius 3 is 2.86 bits per heavy atom. The van der Waals surface area contributed by atoms with E-state index in [1.807, 2.05) is 13.8 Å². The highest BCUT2D eigenvalue weighted by molar-refractivity contribution is 6.12. The van der Waals surface area contributed by atoms with Crippen LogP contribution in [0.25, 0.3) is 0 Å². The van der Waals surface area contributed by atoms with Gasteiger partial charge in [-0.2, -0.15) is 0 Å². The van der Waals surface area contributed by atoms with E-state index in [0.29, 0.717) is 6.42 Å². The van der Waals surface area contributed by atoms with Crippen LogP contribution in [0, 0.1) is 5.92 Å². The predicted molar refractivity (Wildman–Crippen MR) is 50.5 cm³/mol. The van der Waals surface area contributed by atoms with Gasteiger partial charge in [-0.25, -0.2) is 5.06 Å². The molecule has 14 heavy (non-hydrogen) atoms. The molecule has 0 aromatic heterocycles. The summed E-state index contributed by atoms with van der Waals surface area (Å²) in [6.07, 6.45) is 0.419. The highest BCUT2D eigenvalue weighted by atomic mass is 16.7. The Hall–Kier alpha value is -0.545. The molecule has 0 N–H and O–H groups in total. The minimum atomic E-state index is -0.767. The van der Waals surface area contributed by atoms with Crippen molar-refractivity contribution in [3.63, 3.8) is 0 Å². The van der Waals surface area contributed by atoms with E-state index in [1.165, 1.54) is 5.06 Å². The molecule has 1 unspecified atom stereocenters. The first-order valence-electron chi connectivity index (χ1n) is 4.91. The summed E-state index contributed by atoms with van der Waals surface area (Å²) in [6.45, 7) is 3.88. The normalized spacial score (nSPS) is 47.2. The molecule has 2 aliphatic heterocycles. The van der Waals surface area contributed by atoms with Crippen LogP contribution in [0.2, 0.25) is 0 Å². The van der Waals surface area contributed by atoms with Gasteiger partial charge in [0.2, 0.25) is 0 Å². The first-order chi connectivity index (χ1) is 6.53. The average Bonchev–Trinajstić information content (AvgIpc) is 2.34. The summed E-state index contributed by atoms with van der Waals surface area (Å²) in [5, 5.41) is 1.25. The number of hydroxylamine groups is 2. The molecule has 4 nitrogen and oxygen atoms in total. The zero-order valence-electron chi connectivity index (χ0n) is 8.69. The molecule has 2 heterocycles. The van der Waals surface area contributed by atoms with Crippen molar-refractivity contribution in [1.82, 2.24) is 5.06 Å². The van der Waals surface area contributed by atoms with E-state index in [9.17, 15) is 4.79 Å². The molecule has 2 fully saturated rings. The first-order valence-corrected chi connectivity index (χ1v) is 4.91. The summed E-state index contributed by atoms with van der Waals surface area (Å²) in [7, 11) is 7.37. The van der Waals surface area contributed by atoms with Gasteiger partial charge >= 0.3 is 0 Å². The first kappa shape index (κ1) is 9.99. The number of fused-ring (bicyclic) bond motifs is 2. The monoisotopic (exact) mass is 195 g/mol. The van der Waals surface area contributed by atoms with Gasteiger partial charge < -0.3 is 4.74 Å². The fraction of sp³-hybridized carbons (Fsp3) is 0.889. The van der Waals surface area contributed by atoms with Crippen LogP contribution in [0.3, 0.4) is 0 Å². The quantitative estimate of drug-likeness (QED) is 0.555. The number of hydrogen-bond acceptors (Lipinski definition) is 3. The van der Waals surface area contributed by atoms with Gasteiger partial charge in [-0.05, 0) is 6.42 Å². The van der Waals surface area contributed by atoms with Crippen LogP contribution in [0.15, 0.2) is 0 Å². The Balaban J connectivity index is 2.40. The maximum atomic E-state index is 11.9. The largest absolute Gasteiger partial charge is 0.368 e. The molecule has 0 aromatic carbocycles. The van der Waals surface area contributed by atoms with Crippen molar-refractivity contribution in [2.24, 2.45) is 5.92 Å². The fourth-order valence-corrected chi connectivity index (χ4v) is 2.42. The van der Waals surface area contributed by atoms with E-state index in [2.05, 4.69) is 0 Å². The summed E-state index contributed by atoms with van der Waals surface area (Å²) in [5.74, 6) is -0.108. The molecule has 5 heteroatoms. The Kier molecular flexibility index (Phi) is 2.12. The third-order valence-corrected chi connectivity index (χ3v) is 3.35. The number of nitrogens with zero attached hydrogens (tertiary/aromatic N) is 1. The zero-order chi connectivity index (χ0) is 10.5. The number of amides is 1. The summed E-state index contributed by atoms with van der Waals surface area (Å²) in [4.78, 5) is 17.3. The van der Waals surface area contributed by atoms with E-state index in [4.69, 9.17) is 17.4 Å². The Labute approximate surface area is 84.9 Å². The van der Waals surface area contributed by atoms with Crippen LogP contribution in [-0.4, -0.2) is 43.6 Å². The summed E-state index contributed by atoms with van der Waals surface area (Å²) in [5.41, 5.74) is -0.767. The predicted octanol–water partition coefficient (Wildman–Crippen LogP) is 0.0683. The lowest BCUT2D eigenvalue weighted by molar-refractivity contribution is -0.227. The lowest BCUT2D eigenvalue weighted by Gasteiger charge is -2.39. The number of carbonyl (C=O) groups excluding carboxylic acids is 1. The standard InChI is InChI=1S/C9H14BNO3/c1-4-9-5(2)6(7(10)13-9)14-11(3)8(9)12/h5-7H,4H2,1-3H3/t5-,6?,7-,9-/m1/s1. The Morgan fingerprint density at radius 1 is 1.64 bits per heavy atom. The molecule has 0 aromatic rings. The summed E-state index contributed by atoms with van der Waals surface area (Å²) >= 11 is 0. The molecule has 1 amide bonds. The van der Waals surface area contributed by atoms with E-state index in [-0.39, 0.29) is 17.9 Å². The molecule has 2 bridgehead atoms. The van der Waals surface area contributed by atoms with E-state index in [0.717, 1.165) is 0 Å². The lowest BCUT2D eigenvalue weighted by atomic mass is 9.80.